The number of aromatic amines is 1. The number of carbonyl (C=O) groups is 1. The summed E-state index contributed by atoms with van der Waals surface area (Å²) in [5.74, 6) is 1.73. The summed E-state index contributed by atoms with van der Waals surface area (Å²) in [4.78, 5) is 33.4. The molecule has 0 radical (unpaired) electrons. The van der Waals surface area contributed by atoms with Gasteiger partial charge in [-0.2, -0.15) is 0 Å². The fourth-order valence-electron chi connectivity index (χ4n) is 6.04. The molecule has 3 aromatic rings. The van der Waals surface area contributed by atoms with E-state index in [0.29, 0.717) is 47.2 Å². The number of aromatic nitrogens is 4. The number of H-pyrrole nitrogens is 1. The molecule has 49 heavy (non-hydrogen) atoms. The molecule has 6 rings (SSSR count). The fourth-order valence-corrected chi connectivity index (χ4v) is 6.92. The Balaban J connectivity index is 0.00000468. The maximum absolute atomic E-state index is 13.8. The standard InChI is InChI=1S/C35H48N8O4S.Li/c1-21-14-28(47-29(18-43-13-12-36-23(3)17-43)27-11-10-26(16-38-27)25-8-9-25)31(35(19-46-20-35)42-48(45)34(5,6)7)40-30(21)33(44)41-32-22(2)15-37-24(4)39-32;/h10-11,14-16,23,25,29,36,42H,8-9,12-13,17-20H2,1-7H3,(H,37,39,41,44);/q;+1/p+1/t23-,29-,48?;/m1./s1. The van der Waals surface area contributed by atoms with Crippen LogP contribution in [-0.4, -0.2) is 80.1 Å². The minimum atomic E-state index is -1.45. The van der Waals surface area contributed by atoms with E-state index < -0.39 is 27.2 Å². The number of hydrogen-bond acceptors (Lipinski definition) is 9. The molecule has 4 N–H and O–H groups in total. The Kier molecular flexibility index (Phi) is 11.7. The van der Waals surface area contributed by atoms with Gasteiger partial charge in [-0.3, -0.25) is 9.69 Å². The van der Waals surface area contributed by atoms with E-state index in [1.807, 2.05) is 40.7 Å². The van der Waals surface area contributed by atoms with Crippen LogP contribution in [-0.2, 0) is 21.3 Å². The molecule has 12 nitrogen and oxygen atoms in total. The van der Waals surface area contributed by atoms with Crippen molar-refractivity contribution in [2.45, 2.75) is 89.7 Å². The quantitative estimate of drug-likeness (QED) is 0.245. The molecule has 3 aliphatic rings. The van der Waals surface area contributed by atoms with Crippen LogP contribution in [0, 0.1) is 20.8 Å². The third kappa shape index (κ3) is 8.76. The van der Waals surface area contributed by atoms with Gasteiger partial charge in [0, 0.05) is 55.6 Å². The first kappa shape index (κ1) is 37.5. The summed E-state index contributed by atoms with van der Waals surface area (Å²) in [6.45, 7) is 17.2. The molecule has 0 spiro atoms. The second kappa shape index (κ2) is 15.2. The number of rotatable bonds is 11. The minimum absolute atomic E-state index is 0. The van der Waals surface area contributed by atoms with Crippen molar-refractivity contribution in [3.63, 3.8) is 0 Å². The maximum atomic E-state index is 13.8. The van der Waals surface area contributed by atoms with E-state index in [4.69, 9.17) is 14.5 Å². The van der Waals surface area contributed by atoms with Crippen molar-refractivity contribution in [2.75, 3.05) is 44.7 Å². The van der Waals surface area contributed by atoms with Crippen LogP contribution in [0.15, 0.2) is 30.6 Å². The number of pyridine rings is 2. The van der Waals surface area contributed by atoms with Gasteiger partial charge in [-0.1, -0.05) is 0 Å². The van der Waals surface area contributed by atoms with E-state index in [-0.39, 0.29) is 43.9 Å². The Labute approximate surface area is 304 Å². The molecule has 2 aliphatic heterocycles. The first-order valence-corrected chi connectivity index (χ1v) is 18.0. The van der Waals surface area contributed by atoms with E-state index in [9.17, 15) is 9.00 Å². The Hall–Kier alpha value is -2.76. The molecule has 3 aromatic heterocycles. The maximum Gasteiger partial charge on any atom is 1.00 e. The van der Waals surface area contributed by atoms with Gasteiger partial charge in [0.1, 0.15) is 34.3 Å². The van der Waals surface area contributed by atoms with E-state index in [0.717, 1.165) is 30.9 Å². The number of nitrogens with zero attached hydrogens (tertiary/aromatic N) is 4. The zero-order valence-electron chi connectivity index (χ0n) is 30.1. The fraction of sp³-hybridized carbons (Fsp3) is 0.571. The number of piperazine rings is 1. The first-order chi connectivity index (χ1) is 22.8. The van der Waals surface area contributed by atoms with Crippen LogP contribution in [0.5, 0.6) is 5.75 Å². The second-order valence-electron chi connectivity index (χ2n) is 14.5. The minimum Gasteiger partial charge on any atom is -0.476 e. The van der Waals surface area contributed by atoms with Gasteiger partial charge in [0.05, 0.1) is 28.9 Å². The van der Waals surface area contributed by atoms with Crippen LogP contribution in [0.4, 0.5) is 5.82 Å². The third-order valence-corrected chi connectivity index (χ3v) is 10.8. The van der Waals surface area contributed by atoms with E-state index >= 15 is 0 Å². The summed E-state index contributed by atoms with van der Waals surface area (Å²) in [7, 11) is -1.45. The Morgan fingerprint density at radius 2 is 1.96 bits per heavy atom. The van der Waals surface area contributed by atoms with Crippen LogP contribution < -0.4 is 43.9 Å². The molecule has 1 aliphatic carbocycles. The average Bonchev–Trinajstić information content (AvgIpc) is 3.86. The number of nitrogens with one attached hydrogen (secondary N) is 4. The monoisotopic (exact) mass is 684 g/mol. The normalized spacial score (nSPS) is 20.4. The molecule has 258 valence electrons. The van der Waals surface area contributed by atoms with E-state index in [2.05, 4.69) is 60.5 Å². The van der Waals surface area contributed by atoms with Gasteiger partial charge in [0.15, 0.2) is 12.3 Å². The molecule has 0 bridgehead atoms. The molecule has 5 heterocycles. The summed E-state index contributed by atoms with van der Waals surface area (Å²) in [6, 6.07) is 6.58. The van der Waals surface area contributed by atoms with Gasteiger partial charge in [0.2, 0.25) is 5.69 Å². The summed E-state index contributed by atoms with van der Waals surface area (Å²) < 4.78 is 29.1. The predicted octanol–water partition coefficient (Wildman–Crippen LogP) is 0.436. The van der Waals surface area contributed by atoms with Crippen molar-refractivity contribution in [1.82, 2.24) is 29.9 Å². The van der Waals surface area contributed by atoms with Gasteiger partial charge in [-0.05, 0) is 84.9 Å². The van der Waals surface area contributed by atoms with Gasteiger partial charge < -0.3 is 20.1 Å². The third-order valence-electron chi connectivity index (χ3n) is 9.11. The smallest absolute Gasteiger partial charge is 0.476 e. The average molecular weight is 685 g/mol. The number of hydrogen-bond donors (Lipinski definition) is 3. The summed E-state index contributed by atoms with van der Waals surface area (Å²) in [5.41, 5.74) is 3.45. The Bertz CT molecular complexity index is 1680. The SMILES string of the molecule is Cc1ncc(C)c(NC(=O)c2nc(C3(NS(=O)C(C)(C)C)COC3)c(O[C@H](CN3CCN[C@H](C)C3)c3ccc(C4CC4)c[nH+]3)cc2C)n1.[Li+]. The van der Waals surface area contributed by atoms with Gasteiger partial charge in [-0.15, -0.1) is 0 Å². The molecular weight excluding hydrogens is 635 g/mol. The van der Waals surface area contributed by atoms with Crippen molar-refractivity contribution in [2.24, 2.45) is 0 Å². The molecule has 1 amide bonds. The van der Waals surface area contributed by atoms with Crippen molar-refractivity contribution in [3.05, 3.63) is 70.2 Å². The number of ether oxygens (including phenoxy) is 2. The van der Waals surface area contributed by atoms with Crippen LogP contribution >= 0.6 is 0 Å². The molecule has 0 aromatic carbocycles. The molecule has 14 heteroatoms. The summed E-state index contributed by atoms with van der Waals surface area (Å²) >= 11 is 0. The number of anilines is 1. The first-order valence-electron chi connectivity index (χ1n) is 16.9. The zero-order valence-corrected chi connectivity index (χ0v) is 30.9. The van der Waals surface area contributed by atoms with Crippen molar-refractivity contribution in [1.29, 1.82) is 0 Å². The predicted molar refractivity (Wildman–Crippen MR) is 184 cm³/mol. The number of aryl methyl sites for hydroxylation is 3. The number of amides is 1. The van der Waals surface area contributed by atoms with Crippen LogP contribution in [0.1, 0.15) is 96.9 Å². The van der Waals surface area contributed by atoms with E-state index in [1.165, 1.54) is 18.4 Å². The van der Waals surface area contributed by atoms with Crippen molar-refractivity contribution >= 4 is 22.7 Å². The Morgan fingerprint density at radius 1 is 1.20 bits per heavy atom. The number of carbonyl (C=O) groups excluding carboxylic acids is 1. The largest absolute Gasteiger partial charge is 1.00 e. The van der Waals surface area contributed by atoms with Gasteiger partial charge in [-0.25, -0.2) is 28.9 Å². The molecule has 2 saturated heterocycles. The molecular formula is C35H49LiN8O4S+2. The second-order valence-corrected chi connectivity index (χ2v) is 16.5. The van der Waals surface area contributed by atoms with E-state index in [1.54, 1.807) is 13.1 Å². The Morgan fingerprint density at radius 3 is 2.57 bits per heavy atom. The topological polar surface area (TPSA) is 145 Å². The van der Waals surface area contributed by atoms with Crippen molar-refractivity contribution in [3.8, 4) is 5.75 Å². The van der Waals surface area contributed by atoms with Crippen molar-refractivity contribution < 1.29 is 42.3 Å². The van der Waals surface area contributed by atoms with Crippen LogP contribution in [0.25, 0.3) is 0 Å². The van der Waals surface area contributed by atoms with Crippen LogP contribution in [0.2, 0.25) is 0 Å². The van der Waals surface area contributed by atoms with Gasteiger partial charge >= 0.3 is 18.9 Å². The zero-order chi connectivity index (χ0) is 34.2. The van der Waals surface area contributed by atoms with Gasteiger partial charge in [0.25, 0.3) is 5.91 Å². The van der Waals surface area contributed by atoms with Crippen LogP contribution in [0.3, 0.4) is 0 Å². The molecule has 3 atom stereocenters. The summed E-state index contributed by atoms with van der Waals surface area (Å²) in [6.07, 6.45) is 5.88. The summed E-state index contributed by atoms with van der Waals surface area (Å²) in [5, 5.41) is 6.46. The molecule has 1 saturated carbocycles. The molecule has 3 fully saturated rings. The molecule has 1 unspecified atom stereocenters.